The Bertz CT molecular complexity index is 1460. The number of H-pyrrole nitrogens is 1. The van der Waals surface area contributed by atoms with Gasteiger partial charge >= 0.3 is 12.3 Å². The van der Waals surface area contributed by atoms with Gasteiger partial charge in [-0.25, -0.2) is 9.78 Å². The van der Waals surface area contributed by atoms with Crippen LogP contribution in [0.1, 0.15) is 6.92 Å². The Balaban J connectivity index is 1.83. The molecule has 0 bridgehead atoms. The Labute approximate surface area is 195 Å². The van der Waals surface area contributed by atoms with Crippen molar-refractivity contribution in [2.75, 3.05) is 0 Å². The van der Waals surface area contributed by atoms with Crippen molar-refractivity contribution >= 4 is 22.8 Å². The maximum atomic E-state index is 13.1. The number of nitrogens with one attached hydrogen (secondary N) is 1. The third kappa shape index (κ3) is 4.66. The van der Waals surface area contributed by atoms with Gasteiger partial charge in [0.2, 0.25) is 0 Å². The zero-order valence-corrected chi connectivity index (χ0v) is 18.7. The van der Waals surface area contributed by atoms with Crippen molar-refractivity contribution in [2.45, 2.75) is 26.2 Å². The van der Waals surface area contributed by atoms with E-state index in [0.29, 0.717) is 16.3 Å². The maximum Gasteiger partial charge on any atom is 0.387 e. The van der Waals surface area contributed by atoms with E-state index in [1.807, 2.05) is 0 Å². The van der Waals surface area contributed by atoms with E-state index in [4.69, 9.17) is 16.3 Å². The molecule has 2 aromatic heterocycles. The van der Waals surface area contributed by atoms with Crippen LogP contribution in [-0.4, -0.2) is 36.9 Å². The normalized spacial score (nSPS) is 12.3. The summed E-state index contributed by atoms with van der Waals surface area (Å²) in [6.07, 6.45) is -0.882. The summed E-state index contributed by atoms with van der Waals surface area (Å²) in [6.45, 7) is -1.74. The Morgan fingerprint density at radius 1 is 1.15 bits per heavy atom. The minimum atomic E-state index is -3.12. The number of nitrogens with zero attached hydrogens (tertiary/aromatic N) is 3. The molecule has 0 fully saturated rings. The fourth-order valence-corrected chi connectivity index (χ4v) is 3.61. The molecule has 0 saturated carbocycles. The monoisotopic (exact) mass is 492 g/mol. The van der Waals surface area contributed by atoms with Crippen LogP contribution in [0.15, 0.2) is 52.1 Å². The van der Waals surface area contributed by atoms with Gasteiger partial charge in [0, 0.05) is 17.6 Å². The van der Waals surface area contributed by atoms with Crippen LogP contribution in [-0.2, 0) is 13.6 Å². The van der Waals surface area contributed by atoms with Gasteiger partial charge in [-0.1, -0.05) is 11.6 Å². The second kappa shape index (κ2) is 9.27. The Hall–Kier alpha value is -3.70. The topological polar surface area (TPSA) is 111 Å². The standard InChI is InChI=1S/C22H19ClF2N4O5/c1-11(30)10-29-19-17(20(31)27-22(29)32)28(2)18(26-19)12-3-8-15(16(9-12)34-21(24)25)33-14-6-4-13(23)5-7-14/h3-9,11,21,30H,10H2,1-2H3,(H,27,31,32). The zero-order valence-electron chi connectivity index (χ0n) is 18.0. The third-order valence-corrected chi connectivity index (χ3v) is 5.17. The third-order valence-electron chi connectivity index (χ3n) is 4.92. The number of rotatable bonds is 7. The first-order valence-corrected chi connectivity index (χ1v) is 10.4. The first kappa shape index (κ1) is 23.5. The van der Waals surface area contributed by atoms with E-state index in [0.717, 1.165) is 4.57 Å². The predicted octanol–water partition coefficient (Wildman–Crippen LogP) is 3.52. The average molecular weight is 493 g/mol. The summed E-state index contributed by atoms with van der Waals surface area (Å²) < 4.78 is 39.1. The molecule has 0 aliphatic rings. The van der Waals surface area contributed by atoms with E-state index in [-0.39, 0.29) is 35.0 Å². The van der Waals surface area contributed by atoms with Crippen LogP contribution in [0.4, 0.5) is 8.78 Å². The quantitative estimate of drug-likeness (QED) is 0.408. The van der Waals surface area contributed by atoms with Gasteiger partial charge in [0.1, 0.15) is 11.6 Å². The number of hydrogen-bond donors (Lipinski definition) is 2. The number of hydrogen-bond acceptors (Lipinski definition) is 6. The Morgan fingerprint density at radius 2 is 1.85 bits per heavy atom. The number of aliphatic hydroxyl groups is 1. The van der Waals surface area contributed by atoms with Crippen LogP contribution < -0.4 is 20.7 Å². The molecular weight excluding hydrogens is 474 g/mol. The van der Waals surface area contributed by atoms with Crippen molar-refractivity contribution in [3.8, 4) is 28.6 Å². The Kier molecular flexibility index (Phi) is 6.40. The number of ether oxygens (including phenoxy) is 2. The second-order valence-corrected chi connectivity index (χ2v) is 7.92. The lowest BCUT2D eigenvalue weighted by Gasteiger charge is -2.13. The van der Waals surface area contributed by atoms with Crippen molar-refractivity contribution in [3.63, 3.8) is 0 Å². The lowest BCUT2D eigenvalue weighted by Crippen LogP contribution is -2.33. The van der Waals surface area contributed by atoms with Gasteiger partial charge in [-0.3, -0.25) is 14.3 Å². The molecule has 0 aliphatic heterocycles. The Morgan fingerprint density at radius 3 is 2.50 bits per heavy atom. The van der Waals surface area contributed by atoms with Crippen molar-refractivity contribution in [2.24, 2.45) is 7.05 Å². The molecule has 0 saturated heterocycles. The average Bonchev–Trinajstić information content (AvgIpc) is 3.11. The number of aryl methyl sites for hydroxylation is 1. The highest BCUT2D eigenvalue weighted by Gasteiger charge is 2.20. The largest absolute Gasteiger partial charge is 0.453 e. The highest BCUT2D eigenvalue weighted by Crippen LogP contribution is 2.37. The maximum absolute atomic E-state index is 13.1. The molecule has 2 heterocycles. The fraction of sp³-hybridized carbons (Fsp3) is 0.227. The second-order valence-electron chi connectivity index (χ2n) is 7.48. The molecule has 0 spiro atoms. The molecule has 1 atom stereocenters. The van der Waals surface area contributed by atoms with E-state index >= 15 is 0 Å². The lowest BCUT2D eigenvalue weighted by atomic mass is 10.2. The van der Waals surface area contributed by atoms with Crippen LogP contribution in [0.25, 0.3) is 22.6 Å². The van der Waals surface area contributed by atoms with Crippen molar-refractivity contribution < 1.29 is 23.4 Å². The number of benzene rings is 2. The zero-order chi connectivity index (χ0) is 24.6. The lowest BCUT2D eigenvalue weighted by molar-refractivity contribution is -0.0509. The fourth-order valence-electron chi connectivity index (χ4n) is 3.49. The molecule has 0 amide bonds. The van der Waals surface area contributed by atoms with E-state index in [2.05, 4.69) is 14.7 Å². The SMILES string of the molecule is CC(O)Cn1c(=O)[nH]c(=O)c2c1nc(-c1ccc(Oc3ccc(Cl)cc3)c(OC(F)F)c1)n2C. The number of aliphatic hydroxyl groups excluding tert-OH is 1. The number of aromatic nitrogens is 4. The molecule has 4 aromatic rings. The number of aromatic amines is 1. The van der Waals surface area contributed by atoms with Gasteiger partial charge in [0.05, 0.1) is 12.6 Å². The minimum absolute atomic E-state index is 0.0222. The first-order valence-electron chi connectivity index (χ1n) is 10.0. The summed E-state index contributed by atoms with van der Waals surface area (Å²) in [5.41, 5.74) is -0.947. The number of alkyl halides is 2. The van der Waals surface area contributed by atoms with Gasteiger partial charge in [0.25, 0.3) is 5.56 Å². The molecule has 12 heteroatoms. The number of halogens is 3. The number of imidazole rings is 1. The molecule has 2 aromatic carbocycles. The first-order chi connectivity index (χ1) is 16.1. The van der Waals surface area contributed by atoms with E-state index < -0.39 is 24.0 Å². The summed E-state index contributed by atoms with van der Waals surface area (Å²) in [5, 5.41) is 10.2. The molecule has 0 radical (unpaired) electrons. The van der Waals surface area contributed by atoms with Crippen molar-refractivity contribution in [1.29, 1.82) is 0 Å². The van der Waals surface area contributed by atoms with Crippen molar-refractivity contribution in [3.05, 3.63) is 68.3 Å². The summed E-state index contributed by atoms with van der Waals surface area (Å²) in [5.74, 6) is 0.328. The summed E-state index contributed by atoms with van der Waals surface area (Å²) in [4.78, 5) is 31.3. The van der Waals surface area contributed by atoms with Crippen LogP contribution in [0.5, 0.6) is 17.2 Å². The van der Waals surface area contributed by atoms with Gasteiger partial charge < -0.3 is 19.1 Å². The van der Waals surface area contributed by atoms with Gasteiger partial charge in [0.15, 0.2) is 22.7 Å². The van der Waals surface area contributed by atoms with Crippen LogP contribution in [0.3, 0.4) is 0 Å². The molecule has 1 unspecified atom stereocenters. The smallest absolute Gasteiger partial charge is 0.387 e. The molecule has 34 heavy (non-hydrogen) atoms. The molecule has 0 aliphatic carbocycles. The summed E-state index contributed by atoms with van der Waals surface area (Å²) >= 11 is 5.86. The molecule has 9 nitrogen and oxygen atoms in total. The highest BCUT2D eigenvalue weighted by molar-refractivity contribution is 6.30. The molecular formula is C22H19ClF2N4O5. The van der Waals surface area contributed by atoms with E-state index in [1.165, 1.54) is 23.6 Å². The van der Waals surface area contributed by atoms with Crippen LogP contribution in [0.2, 0.25) is 5.02 Å². The van der Waals surface area contributed by atoms with Gasteiger partial charge in [-0.15, -0.1) is 0 Å². The number of fused-ring (bicyclic) bond motifs is 1. The highest BCUT2D eigenvalue weighted by atomic mass is 35.5. The van der Waals surface area contributed by atoms with Crippen LogP contribution in [0, 0.1) is 0 Å². The van der Waals surface area contributed by atoms with Crippen LogP contribution >= 0.6 is 11.6 Å². The van der Waals surface area contributed by atoms with Crippen molar-refractivity contribution in [1.82, 2.24) is 19.1 Å². The van der Waals surface area contributed by atoms with Gasteiger partial charge in [-0.05, 0) is 49.4 Å². The minimum Gasteiger partial charge on any atom is -0.453 e. The van der Waals surface area contributed by atoms with E-state index in [1.54, 1.807) is 37.4 Å². The summed E-state index contributed by atoms with van der Waals surface area (Å²) in [6, 6.07) is 10.6. The van der Waals surface area contributed by atoms with E-state index in [9.17, 15) is 23.5 Å². The molecule has 178 valence electrons. The van der Waals surface area contributed by atoms with Gasteiger partial charge in [-0.2, -0.15) is 8.78 Å². The molecule has 4 rings (SSSR count). The molecule has 2 N–H and O–H groups in total. The summed E-state index contributed by atoms with van der Waals surface area (Å²) in [7, 11) is 1.54. The predicted molar refractivity (Wildman–Crippen MR) is 121 cm³/mol.